The number of nitrogens with zero attached hydrogens (tertiary/aromatic N) is 1. The van der Waals surface area contributed by atoms with Gasteiger partial charge in [0.2, 0.25) is 0 Å². The Bertz CT molecular complexity index is 1140. The van der Waals surface area contributed by atoms with E-state index in [9.17, 15) is 13.2 Å². The molecule has 0 saturated carbocycles. The molecule has 0 fully saturated rings. The van der Waals surface area contributed by atoms with E-state index in [4.69, 9.17) is 0 Å². The number of halogens is 1. The molecule has 146 valence electrons. The number of carbonyl (C=O) groups excluding carboxylic acids is 1. The summed E-state index contributed by atoms with van der Waals surface area (Å²) < 4.78 is 28.4. The summed E-state index contributed by atoms with van der Waals surface area (Å²) in [4.78, 5) is 17.3. The zero-order chi connectivity index (χ0) is 20.5. The molecule has 1 amide bonds. The molecule has 3 rings (SSSR count). The van der Waals surface area contributed by atoms with Crippen LogP contribution in [-0.2, 0) is 10.0 Å². The summed E-state index contributed by atoms with van der Waals surface area (Å²) in [5, 5.41) is 2.96. The van der Waals surface area contributed by atoms with Crippen LogP contribution in [0.1, 0.15) is 26.5 Å². The summed E-state index contributed by atoms with van der Waals surface area (Å²) in [7, 11) is -3.77. The van der Waals surface area contributed by atoms with Crippen LogP contribution in [0.5, 0.6) is 0 Å². The zero-order valence-corrected chi connectivity index (χ0v) is 18.6. The Labute approximate surface area is 176 Å². The third-order valence-corrected chi connectivity index (χ3v) is 7.42. The molecule has 0 saturated heterocycles. The summed E-state index contributed by atoms with van der Waals surface area (Å²) >= 11 is 4.42. The normalized spacial score (nSPS) is 11.3. The van der Waals surface area contributed by atoms with Crippen LogP contribution in [0, 0.1) is 20.8 Å². The molecule has 1 aromatic heterocycles. The van der Waals surface area contributed by atoms with Gasteiger partial charge in [-0.3, -0.25) is 9.52 Å². The molecule has 0 aliphatic carbocycles. The van der Waals surface area contributed by atoms with Crippen molar-refractivity contribution in [3.05, 3.63) is 68.6 Å². The predicted octanol–water partition coefficient (Wildman–Crippen LogP) is 4.88. The van der Waals surface area contributed by atoms with Crippen LogP contribution < -0.4 is 10.0 Å². The van der Waals surface area contributed by atoms with E-state index in [-0.39, 0.29) is 15.9 Å². The third-order valence-electron chi connectivity index (χ3n) is 3.97. The third kappa shape index (κ3) is 4.60. The number of benzene rings is 2. The number of carbonyl (C=O) groups is 1. The Balaban J connectivity index is 1.79. The van der Waals surface area contributed by atoms with Gasteiger partial charge in [0.1, 0.15) is 4.88 Å². The number of hydrogen-bond donors (Lipinski definition) is 2. The van der Waals surface area contributed by atoms with E-state index in [2.05, 4.69) is 31.0 Å². The second-order valence-electron chi connectivity index (χ2n) is 6.27. The van der Waals surface area contributed by atoms with Gasteiger partial charge in [-0.05, 0) is 56.7 Å². The lowest BCUT2D eigenvalue weighted by Crippen LogP contribution is -2.12. The first-order valence-corrected chi connectivity index (χ1v) is 11.4. The maximum Gasteiger partial charge on any atom is 0.267 e. The van der Waals surface area contributed by atoms with Gasteiger partial charge < -0.3 is 5.32 Å². The molecular weight excluding hydrogens is 462 g/mol. The molecule has 3 aromatic rings. The molecule has 2 N–H and O–H groups in total. The topological polar surface area (TPSA) is 88.2 Å². The van der Waals surface area contributed by atoms with Crippen molar-refractivity contribution in [2.45, 2.75) is 25.7 Å². The predicted molar refractivity (Wildman–Crippen MR) is 116 cm³/mol. The standard InChI is InChI=1S/C19H18BrN3O3S2/c1-11-4-7-15(8-5-11)28(25,26)23-19-21-13(3)17(27-19)18(24)22-14-6-9-16(20)12(2)10-14/h4-10H,1-3H3,(H,21,23)(H,22,24). The Hall–Kier alpha value is -2.23. The molecule has 0 atom stereocenters. The minimum atomic E-state index is -3.77. The average Bonchev–Trinajstić information content (AvgIpc) is 2.98. The molecule has 0 spiro atoms. The van der Waals surface area contributed by atoms with Crippen LogP contribution in [0.2, 0.25) is 0 Å². The summed E-state index contributed by atoms with van der Waals surface area (Å²) in [5.41, 5.74) is 3.06. The largest absolute Gasteiger partial charge is 0.321 e. The van der Waals surface area contributed by atoms with Gasteiger partial charge in [-0.15, -0.1) is 0 Å². The van der Waals surface area contributed by atoms with Crippen molar-refractivity contribution in [2.24, 2.45) is 0 Å². The molecular formula is C19H18BrN3O3S2. The minimum Gasteiger partial charge on any atom is -0.321 e. The molecule has 1 heterocycles. The summed E-state index contributed by atoms with van der Waals surface area (Å²) in [5.74, 6) is -0.336. The van der Waals surface area contributed by atoms with Gasteiger partial charge in [-0.1, -0.05) is 45.0 Å². The molecule has 0 aliphatic rings. The number of aryl methyl sites for hydroxylation is 3. The quantitative estimate of drug-likeness (QED) is 0.545. The van der Waals surface area contributed by atoms with Crippen molar-refractivity contribution in [1.82, 2.24) is 4.98 Å². The van der Waals surface area contributed by atoms with E-state index in [0.29, 0.717) is 16.3 Å². The van der Waals surface area contributed by atoms with Crippen LogP contribution in [0.15, 0.2) is 51.8 Å². The maximum atomic E-state index is 12.6. The van der Waals surface area contributed by atoms with Crippen LogP contribution in [0.3, 0.4) is 0 Å². The molecule has 9 heteroatoms. The fourth-order valence-corrected chi connectivity index (χ4v) is 4.80. The molecule has 0 radical (unpaired) electrons. The second-order valence-corrected chi connectivity index (χ2v) is 9.81. The minimum absolute atomic E-state index is 0.141. The second kappa shape index (κ2) is 8.02. The molecule has 0 bridgehead atoms. The number of aromatic nitrogens is 1. The van der Waals surface area contributed by atoms with Crippen molar-refractivity contribution < 1.29 is 13.2 Å². The number of nitrogens with one attached hydrogen (secondary N) is 2. The molecule has 28 heavy (non-hydrogen) atoms. The fraction of sp³-hybridized carbons (Fsp3) is 0.158. The van der Waals surface area contributed by atoms with Crippen LogP contribution in [0.4, 0.5) is 10.8 Å². The lowest BCUT2D eigenvalue weighted by molar-refractivity contribution is 0.103. The van der Waals surface area contributed by atoms with Crippen LogP contribution in [0.25, 0.3) is 0 Å². The SMILES string of the molecule is Cc1ccc(S(=O)(=O)Nc2nc(C)c(C(=O)Nc3ccc(Br)c(C)c3)s2)cc1. The molecule has 0 aliphatic heterocycles. The van der Waals surface area contributed by atoms with Crippen molar-refractivity contribution >= 4 is 54.0 Å². The fourth-order valence-electron chi connectivity index (χ4n) is 2.45. The van der Waals surface area contributed by atoms with Gasteiger partial charge in [0.05, 0.1) is 10.6 Å². The monoisotopic (exact) mass is 479 g/mol. The number of rotatable bonds is 5. The molecule has 2 aromatic carbocycles. The van der Waals surface area contributed by atoms with E-state index in [1.165, 1.54) is 12.1 Å². The molecule has 6 nitrogen and oxygen atoms in total. The number of anilines is 2. The van der Waals surface area contributed by atoms with Crippen molar-refractivity contribution in [3.8, 4) is 0 Å². The highest BCUT2D eigenvalue weighted by Gasteiger charge is 2.20. The number of amides is 1. The first-order chi connectivity index (χ1) is 13.2. The van der Waals surface area contributed by atoms with Crippen molar-refractivity contribution in [1.29, 1.82) is 0 Å². The van der Waals surface area contributed by atoms with Crippen LogP contribution in [-0.4, -0.2) is 19.3 Å². The van der Waals surface area contributed by atoms with Crippen molar-refractivity contribution in [2.75, 3.05) is 10.0 Å². The smallest absolute Gasteiger partial charge is 0.267 e. The lowest BCUT2D eigenvalue weighted by Gasteiger charge is -2.06. The average molecular weight is 480 g/mol. The molecule has 0 unspecified atom stereocenters. The van der Waals surface area contributed by atoms with Gasteiger partial charge >= 0.3 is 0 Å². The lowest BCUT2D eigenvalue weighted by atomic mass is 10.2. The summed E-state index contributed by atoms with van der Waals surface area (Å²) in [6, 6.07) is 12.0. The Morgan fingerprint density at radius 2 is 1.75 bits per heavy atom. The first kappa shape index (κ1) is 20.5. The van der Waals surface area contributed by atoms with Crippen LogP contribution >= 0.6 is 27.3 Å². The van der Waals surface area contributed by atoms with Crippen molar-refractivity contribution in [3.63, 3.8) is 0 Å². The summed E-state index contributed by atoms with van der Waals surface area (Å²) in [6.07, 6.45) is 0. The Kier molecular flexibility index (Phi) is 5.87. The first-order valence-electron chi connectivity index (χ1n) is 8.30. The van der Waals surface area contributed by atoms with Gasteiger partial charge in [-0.25, -0.2) is 13.4 Å². The van der Waals surface area contributed by atoms with E-state index >= 15 is 0 Å². The van der Waals surface area contributed by atoms with Gasteiger partial charge in [0, 0.05) is 10.2 Å². The van der Waals surface area contributed by atoms with Gasteiger partial charge in [-0.2, -0.15) is 0 Å². The highest BCUT2D eigenvalue weighted by molar-refractivity contribution is 9.10. The van der Waals surface area contributed by atoms with E-state index in [1.807, 2.05) is 26.0 Å². The van der Waals surface area contributed by atoms with E-state index < -0.39 is 10.0 Å². The highest BCUT2D eigenvalue weighted by atomic mass is 79.9. The summed E-state index contributed by atoms with van der Waals surface area (Å²) in [6.45, 7) is 5.48. The van der Waals surface area contributed by atoms with Gasteiger partial charge in [0.25, 0.3) is 15.9 Å². The van der Waals surface area contributed by atoms with Gasteiger partial charge in [0.15, 0.2) is 5.13 Å². The number of hydrogen-bond acceptors (Lipinski definition) is 5. The van der Waals surface area contributed by atoms with E-state index in [1.54, 1.807) is 25.1 Å². The maximum absolute atomic E-state index is 12.6. The van der Waals surface area contributed by atoms with E-state index in [0.717, 1.165) is 26.9 Å². The zero-order valence-electron chi connectivity index (χ0n) is 15.4. The Morgan fingerprint density at radius 1 is 1.07 bits per heavy atom. The highest BCUT2D eigenvalue weighted by Crippen LogP contribution is 2.27. The number of sulfonamides is 1. The Morgan fingerprint density at radius 3 is 2.39 bits per heavy atom. The number of thiazole rings is 1.